The third kappa shape index (κ3) is 53.3. The van der Waals surface area contributed by atoms with Crippen LogP contribution < -0.4 is 13.3 Å². The molecule has 0 heterocycles. The van der Waals surface area contributed by atoms with E-state index >= 15 is 0 Å². The molecule has 3 aliphatic rings. The number of halogens is 3. The fourth-order valence-corrected chi connectivity index (χ4v) is 78.2. The molecule has 0 spiro atoms. The molecule has 0 saturated carbocycles. The maximum Gasteiger partial charge on any atom is 0 e. The summed E-state index contributed by atoms with van der Waals surface area (Å²) in [6.07, 6.45) is 36.6. The van der Waals surface area contributed by atoms with E-state index in [0.717, 1.165) is 130 Å². The van der Waals surface area contributed by atoms with Crippen LogP contribution >= 0.6 is 37.2 Å². The fraction of sp³-hybridized carbons (Fsp3) is 0.750. The molecule has 0 amide bonds. The van der Waals surface area contributed by atoms with Gasteiger partial charge in [0.1, 0.15) is 28.7 Å². The minimum Gasteiger partial charge on any atom is 0 e. The smallest absolute Gasteiger partial charge is 0 e. The SMILES string of the molecule is C=C(C)[C@@H]1CCC(C)=C[C@H]1c1c(O)cc(CCCCC)cc1O.CCCCCc1cc(O)c([C@@H]2C=C(C)CC[C@H]2C(C)C[Si](C)(C)O[Si](C)(C)O[Si](C)(C)CCCC)c(C[Si](C)(C)O[Si](C)(C)O[Si](C)(C)CCCC)c1.CCCCCc1cc(O)c([C@@H]2C=C(C)CC[C@H]2C(C)C[Si](C)(C)O[Si](C)(C)O[Si](C)(C)CCCC)c(O)c1.CCCC[Si](C)(C)O[Si](C)(C)O[SiH](C)C.I[I-]I.[Pt].[V]. The van der Waals surface area contributed by atoms with Gasteiger partial charge in [-0.2, -0.15) is 0 Å². The van der Waals surface area contributed by atoms with Gasteiger partial charge in [-0.25, -0.2) is 0 Å². The Balaban J connectivity index is 0.00000189. The molecule has 5 N–H and O–H groups in total. The van der Waals surface area contributed by atoms with Gasteiger partial charge in [-0.05, 0) is 386 Å². The van der Waals surface area contributed by atoms with Crippen LogP contribution in [0.5, 0.6) is 28.7 Å². The first-order chi connectivity index (χ1) is 60.9. The van der Waals surface area contributed by atoms with Crippen LogP contribution in [0, 0.1) is 29.6 Å². The van der Waals surface area contributed by atoms with Crippen LogP contribution in [0.25, 0.3) is 0 Å². The van der Waals surface area contributed by atoms with Crippen molar-refractivity contribution in [3.8, 4) is 28.7 Å². The first-order valence-electron chi connectivity index (χ1n) is 52.0. The van der Waals surface area contributed by atoms with Gasteiger partial charge in [0.15, 0.2) is 67.3 Å². The van der Waals surface area contributed by atoms with E-state index < -0.39 is 102 Å². The molecule has 0 aromatic heterocycles. The van der Waals surface area contributed by atoms with Gasteiger partial charge in [0, 0.05) is 74.1 Å². The maximum atomic E-state index is 12.1. The van der Waals surface area contributed by atoms with E-state index in [4.69, 9.17) is 32.9 Å². The number of unbranched alkanes of at least 4 members (excludes halogenated alkanes) is 10. The van der Waals surface area contributed by atoms with Crippen molar-refractivity contribution in [3.63, 3.8) is 0 Å². The normalized spacial score (nSPS) is 18.3. The molecule has 8 atom stereocenters. The van der Waals surface area contributed by atoms with E-state index in [2.05, 4.69) is 314 Å². The fourth-order valence-electron chi connectivity index (χ4n) is 21.8. The molecule has 13 nitrogen and oxygen atoms in total. The Hall–Kier alpha value is 1.37. The Morgan fingerprint density at radius 2 is 0.642 bits per heavy atom. The van der Waals surface area contributed by atoms with Crippen molar-refractivity contribution in [1.29, 1.82) is 0 Å². The summed E-state index contributed by atoms with van der Waals surface area (Å²) in [5.74, 6) is 3.61. The zero-order chi connectivity index (χ0) is 101. The van der Waals surface area contributed by atoms with Crippen LogP contribution in [-0.2, 0) is 97.8 Å². The molecule has 1 radical (unpaired) electrons. The molecule has 0 bridgehead atoms. The number of benzene rings is 3. The summed E-state index contributed by atoms with van der Waals surface area (Å²) in [7, 11) is -22.7. The van der Waals surface area contributed by atoms with Gasteiger partial charge in [0.25, 0.3) is 0 Å². The van der Waals surface area contributed by atoms with Gasteiger partial charge in [0.05, 0.1) is 0 Å². The van der Waals surface area contributed by atoms with Crippen molar-refractivity contribution in [2.45, 2.75) is 474 Å². The monoisotopic (exact) mass is 2620 g/mol. The van der Waals surface area contributed by atoms with Gasteiger partial charge >= 0.3 is 84.7 Å². The predicted molar refractivity (Wildman–Crippen MR) is 618 cm³/mol. The third-order valence-electron chi connectivity index (χ3n) is 26.3. The average Bonchev–Trinajstić information content (AvgIpc) is 0.771. The first-order valence-corrected chi connectivity index (χ1v) is 100. The van der Waals surface area contributed by atoms with Gasteiger partial charge in [-0.15, -0.1) is 0 Å². The van der Waals surface area contributed by atoms with E-state index in [0.29, 0.717) is 53.8 Å². The van der Waals surface area contributed by atoms with Crippen LogP contribution in [0.1, 0.15) is 294 Å². The topological polar surface area (TPSA) is 175 Å². The number of phenolic OH excluding ortho intramolecular Hbond substituents is 5. The predicted octanol–water partition coefficient (Wildman–Crippen LogP) is 32.4. The quantitative estimate of drug-likeness (QED) is 0.0156. The second-order valence-corrected chi connectivity index (χ2v) is 110. The Kier molecular flexibility index (Phi) is 64.6. The minimum absolute atomic E-state index is 0. The van der Waals surface area contributed by atoms with Crippen LogP contribution in [0.15, 0.2) is 83.5 Å². The Labute approximate surface area is 895 Å². The first kappa shape index (κ1) is 135. The molecule has 0 fully saturated rings. The number of aryl methyl sites for hydroxylation is 3. The van der Waals surface area contributed by atoms with Crippen molar-refractivity contribution in [2.24, 2.45) is 29.6 Å². The molecule has 3 aromatic rings. The molecular weight excluding hydrogens is 2420 g/mol. The molecule has 6 rings (SSSR count). The summed E-state index contributed by atoms with van der Waals surface area (Å²) < 4.78 is 54.4. The molecule has 0 aliphatic heterocycles. The zero-order valence-electron chi connectivity index (χ0n) is 92.3. The number of hydrogen-bond acceptors (Lipinski definition) is 13. The number of rotatable bonds is 52. The number of aromatic hydroxyl groups is 5. The van der Waals surface area contributed by atoms with Gasteiger partial charge < -0.3 is 58.5 Å². The number of hydrogen-bond donors (Lipinski definition) is 5. The molecule has 3 aliphatic carbocycles. The molecule has 134 heavy (non-hydrogen) atoms. The van der Waals surface area contributed by atoms with E-state index in [1.165, 1.54) is 129 Å². The molecule has 0 saturated heterocycles. The summed E-state index contributed by atoms with van der Waals surface area (Å²) >= 11 is 5.30. The minimum atomic E-state index is -2.36. The Morgan fingerprint density at radius 1 is 0.388 bits per heavy atom. The molecule has 781 valence electrons. The van der Waals surface area contributed by atoms with Gasteiger partial charge in [0.2, 0.25) is 0 Å². The van der Waals surface area contributed by atoms with Crippen molar-refractivity contribution in [3.05, 3.63) is 122 Å². The summed E-state index contributed by atoms with van der Waals surface area (Å²) in [6.45, 7) is 88.7. The van der Waals surface area contributed by atoms with Crippen LogP contribution in [0.2, 0.25) is 193 Å². The standard InChI is InChI=1S/C42H86O5Si6.C31H58O4Si3.C21H30O2.C10H28O2Si3.I3.Pt.V/c1-18-21-24-25-37-31-38(34-51(12,13)47-53(16,17)45-49(8,9)29-23-20-3)42(41(43)32-37)40-30-35(4)26-27-39(40)36(5)33-50(10,11)46-52(14,15)44-48(6,7)28-22-19-2;1-11-13-15-16-26-21-29(32)31(30(33)22-26)28-20-24(3)17-18-27(28)25(4)23-37(7,8)35-38(9,10)34-36(5,6)19-14-12-2;1-5-6-7-8-16-12-19(22)21(20(23)13-16)18-11-15(4)9-10-17(18)14(2)3;1-8-9-10-14(4,5)12-15(6,7)11-13(2)3;1-3-2;;/h30-32,36,39-40,43H,18-29,33-34H2,1-17H3;20-22,25,27-28,32-33H,11-19,23H2,1-10H3;11-13,17-18,22-23H,2,5-10H2,1,3-4H3;13H,8-10H2,1-7H3;;;/q;;;;-1;;/t36?,39-,40+;25?,27-,28+;17-,18+;;;;/m000..../s1. The maximum absolute atomic E-state index is 12.1. The van der Waals surface area contributed by atoms with E-state index in [9.17, 15) is 25.5 Å². The van der Waals surface area contributed by atoms with E-state index in [1.54, 1.807) is 0 Å². The zero-order valence-corrected chi connectivity index (χ0v) is 115. The second-order valence-electron chi connectivity index (χ2n) is 46.5. The molecule has 3 aromatic carbocycles. The van der Waals surface area contributed by atoms with Crippen LogP contribution in [0.4, 0.5) is 0 Å². The second kappa shape index (κ2) is 63.9. The molecule has 2 unspecified atom stereocenters. The van der Waals surface area contributed by atoms with Crippen molar-refractivity contribution >= 4 is 139 Å². The largest absolute Gasteiger partial charge is 0 e. The Morgan fingerprint density at radius 3 is 0.940 bits per heavy atom. The number of phenols is 5. The Bertz CT molecular complexity index is 3930. The van der Waals surface area contributed by atoms with E-state index in [1.807, 2.05) is 31.2 Å². The molecule has 30 heteroatoms. The average molecular weight is 2620 g/mol. The van der Waals surface area contributed by atoms with E-state index in [-0.39, 0.29) is 86.3 Å². The third-order valence-corrected chi connectivity index (χ3v) is 70.4. The van der Waals surface area contributed by atoms with Crippen LogP contribution in [0.3, 0.4) is 0 Å². The molecular formula is C104H202I3O13PtSi12V-. The summed E-state index contributed by atoms with van der Waals surface area (Å²) in [6, 6.07) is 19.9. The van der Waals surface area contributed by atoms with Gasteiger partial charge in [-0.1, -0.05) is 205 Å². The number of allylic oxidation sites excluding steroid dienone is 7. The summed E-state index contributed by atoms with van der Waals surface area (Å²) in [5, 5.41) is 55.4. The van der Waals surface area contributed by atoms with Crippen molar-refractivity contribution < 1.29 is 111 Å². The van der Waals surface area contributed by atoms with Crippen molar-refractivity contribution in [2.75, 3.05) is 0 Å². The summed E-state index contributed by atoms with van der Waals surface area (Å²) in [5.41, 5.74) is 12.4. The summed E-state index contributed by atoms with van der Waals surface area (Å²) in [4.78, 5) is 0. The van der Waals surface area contributed by atoms with Gasteiger partial charge in [-0.3, -0.25) is 0 Å². The van der Waals surface area contributed by atoms with Crippen molar-refractivity contribution in [1.82, 2.24) is 0 Å². The van der Waals surface area contributed by atoms with Crippen LogP contribution in [-0.4, -0.2) is 127 Å².